The molecule has 0 bridgehead atoms. The van der Waals surface area contributed by atoms with Gasteiger partial charge < -0.3 is 9.80 Å². The molecular weight excluding hydrogens is 369 g/mol. The number of carbonyl (C=O) groups is 1. The van der Waals surface area contributed by atoms with E-state index < -0.39 is 11.7 Å². The van der Waals surface area contributed by atoms with Crippen molar-refractivity contribution in [3.63, 3.8) is 0 Å². The lowest BCUT2D eigenvalue weighted by atomic mass is 10.0. The summed E-state index contributed by atoms with van der Waals surface area (Å²) < 4.78 is 38.5. The molecule has 28 heavy (non-hydrogen) atoms. The molecule has 4 rings (SSSR count). The number of likely N-dealkylation sites (N-methyl/N-ethyl adjacent to an activating group) is 1. The van der Waals surface area contributed by atoms with Crippen molar-refractivity contribution in [2.45, 2.75) is 37.9 Å². The SMILES string of the molecule is CN(C(=O)Cc1cccc(C(F)(F)F)c1)C1CN(c2cc3c(nn2)CCC3)C1. The van der Waals surface area contributed by atoms with Crippen LogP contribution in [0.25, 0.3) is 0 Å². The Morgan fingerprint density at radius 2 is 2.00 bits per heavy atom. The fourth-order valence-electron chi connectivity index (χ4n) is 3.72. The molecule has 2 aliphatic rings. The maximum atomic E-state index is 12.8. The highest BCUT2D eigenvalue weighted by atomic mass is 19.4. The summed E-state index contributed by atoms with van der Waals surface area (Å²) in [5, 5.41) is 8.56. The monoisotopic (exact) mass is 390 g/mol. The number of alkyl halides is 3. The lowest BCUT2D eigenvalue weighted by molar-refractivity contribution is -0.138. The Balaban J connectivity index is 1.34. The Morgan fingerprint density at radius 3 is 2.75 bits per heavy atom. The van der Waals surface area contributed by atoms with Crippen LogP contribution in [0.3, 0.4) is 0 Å². The number of aromatic nitrogens is 2. The highest BCUT2D eigenvalue weighted by Gasteiger charge is 2.34. The third kappa shape index (κ3) is 3.68. The van der Waals surface area contributed by atoms with Crippen LogP contribution in [0.2, 0.25) is 0 Å². The largest absolute Gasteiger partial charge is 0.416 e. The highest BCUT2D eigenvalue weighted by molar-refractivity contribution is 5.79. The highest BCUT2D eigenvalue weighted by Crippen LogP contribution is 2.30. The second kappa shape index (κ2) is 7.07. The smallest absolute Gasteiger partial charge is 0.351 e. The Morgan fingerprint density at radius 1 is 1.21 bits per heavy atom. The van der Waals surface area contributed by atoms with Crippen molar-refractivity contribution in [2.24, 2.45) is 0 Å². The number of aryl methyl sites for hydroxylation is 2. The van der Waals surface area contributed by atoms with Crippen LogP contribution < -0.4 is 4.90 Å². The molecule has 1 aliphatic carbocycles. The number of rotatable bonds is 4. The number of benzene rings is 1. The number of nitrogens with zero attached hydrogens (tertiary/aromatic N) is 4. The molecule has 0 atom stereocenters. The van der Waals surface area contributed by atoms with E-state index >= 15 is 0 Å². The summed E-state index contributed by atoms with van der Waals surface area (Å²) in [6.07, 6.45) is -1.32. The topological polar surface area (TPSA) is 49.3 Å². The van der Waals surface area contributed by atoms with Gasteiger partial charge in [-0.15, -0.1) is 5.10 Å². The molecule has 8 heteroatoms. The molecule has 1 saturated heterocycles. The van der Waals surface area contributed by atoms with E-state index in [0.29, 0.717) is 18.7 Å². The number of carbonyl (C=O) groups excluding carboxylic acids is 1. The van der Waals surface area contributed by atoms with E-state index in [0.717, 1.165) is 42.9 Å². The van der Waals surface area contributed by atoms with Crippen molar-refractivity contribution in [1.82, 2.24) is 15.1 Å². The first-order valence-electron chi connectivity index (χ1n) is 9.33. The van der Waals surface area contributed by atoms with Gasteiger partial charge in [0.1, 0.15) is 0 Å². The van der Waals surface area contributed by atoms with Gasteiger partial charge in [-0.2, -0.15) is 18.3 Å². The number of halogens is 3. The standard InChI is InChI=1S/C20H21F3N4O/c1-26(19(28)9-13-4-2-6-15(8-13)20(21,22)23)16-11-27(12-16)18-10-14-5-3-7-17(14)24-25-18/h2,4,6,8,10,16H,3,5,7,9,11-12H2,1H3. The first-order chi connectivity index (χ1) is 13.3. The maximum absolute atomic E-state index is 12.8. The van der Waals surface area contributed by atoms with E-state index in [2.05, 4.69) is 21.2 Å². The minimum absolute atomic E-state index is 0.0216. The van der Waals surface area contributed by atoms with Gasteiger partial charge in [-0.25, -0.2) is 0 Å². The van der Waals surface area contributed by atoms with Crippen LogP contribution in [-0.2, 0) is 30.2 Å². The summed E-state index contributed by atoms with van der Waals surface area (Å²) in [4.78, 5) is 16.2. The second-order valence-corrected chi connectivity index (χ2v) is 7.47. The van der Waals surface area contributed by atoms with Gasteiger partial charge in [0, 0.05) is 20.1 Å². The molecule has 148 valence electrons. The molecule has 1 amide bonds. The summed E-state index contributed by atoms with van der Waals surface area (Å²) in [6.45, 7) is 1.30. The molecule has 5 nitrogen and oxygen atoms in total. The zero-order valence-corrected chi connectivity index (χ0v) is 15.5. The van der Waals surface area contributed by atoms with Crippen LogP contribution in [0.4, 0.5) is 19.0 Å². The van der Waals surface area contributed by atoms with Crippen LogP contribution in [-0.4, -0.2) is 47.2 Å². The zero-order chi connectivity index (χ0) is 19.9. The average molecular weight is 390 g/mol. The van der Waals surface area contributed by atoms with E-state index in [1.165, 1.54) is 11.6 Å². The van der Waals surface area contributed by atoms with Crippen molar-refractivity contribution in [1.29, 1.82) is 0 Å². The van der Waals surface area contributed by atoms with Crippen molar-refractivity contribution in [2.75, 3.05) is 25.0 Å². The van der Waals surface area contributed by atoms with Crippen LogP contribution in [0, 0.1) is 0 Å². The molecule has 0 spiro atoms. The molecule has 0 radical (unpaired) electrons. The lowest BCUT2D eigenvalue weighted by Gasteiger charge is -2.44. The number of hydrogen-bond acceptors (Lipinski definition) is 4. The number of amides is 1. The van der Waals surface area contributed by atoms with E-state index in [1.54, 1.807) is 18.0 Å². The van der Waals surface area contributed by atoms with Gasteiger partial charge in [-0.05, 0) is 42.5 Å². The van der Waals surface area contributed by atoms with Gasteiger partial charge in [0.25, 0.3) is 0 Å². The van der Waals surface area contributed by atoms with E-state index in [9.17, 15) is 18.0 Å². The minimum atomic E-state index is -4.41. The number of anilines is 1. The molecule has 1 aliphatic heterocycles. The number of fused-ring (bicyclic) bond motifs is 1. The predicted octanol–water partition coefficient (Wildman–Crippen LogP) is 2.87. The van der Waals surface area contributed by atoms with Crippen molar-refractivity contribution < 1.29 is 18.0 Å². The van der Waals surface area contributed by atoms with Gasteiger partial charge in [-0.3, -0.25) is 4.79 Å². The predicted molar refractivity (Wildman–Crippen MR) is 98.0 cm³/mol. The molecule has 1 fully saturated rings. The average Bonchev–Trinajstić information content (AvgIpc) is 3.07. The van der Waals surface area contributed by atoms with Gasteiger partial charge in [-0.1, -0.05) is 18.2 Å². The Kier molecular flexibility index (Phi) is 4.72. The van der Waals surface area contributed by atoms with Gasteiger partial charge in [0.15, 0.2) is 5.82 Å². The Hall–Kier alpha value is -2.64. The summed E-state index contributed by atoms with van der Waals surface area (Å²) in [5.74, 6) is 0.639. The summed E-state index contributed by atoms with van der Waals surface area (Å²) >= 11 is 0. The van der Waals surface area contributed by atoms with Gasteiger partial charge in [0.05, 0.1) is 23.7 Å². The fraction of sp³-hybridized carbons (Fsp3) is 0.450. The normalized spacial score (nSPS) is 16.6. The van der Waals surface area contributed by atoms with Crippen molar-refractivity contribution in [3.8, 4) is 0 Å². The van der Waals surface area contributed by atoms with Crippen LogP contribution in [0.5, 0.6) is 0 Å². The molecule has 0 saturated carbocycles. The van der Waals surface area contributed by atoms with Crippen molar-refractivity contribution in [3.05, 3.63) is 52.7 Å². The fourth-order valence-corrected chi connectivity index (χ4v) is 3.72. The number of hydrogen-bond donors (Lipinski definition) is 0. The van der Waals surface area contributed by atoms with Crippen LogP contribution in [0.15, 0.2) is 30.3 Å². The molecule has 2 aromatic rings. The zero-order valence-electron chi connectivity index (χ0n) is 15.5. The van der Waals surface area contributed by atoms with Gasteiger partial charge >= 0.3 is 6.18 Å². The van der Waals surface area contributed by atoms with Gasteiger partial charge in [0.2, 0.25) is 5.91 Å². The molecule has 1 aromatic carbocycles. The molecule has 2 heterocycles. The maximum Gasteiger partial charge on any atom is 0.416 e. The quantitative estimate of drug-likeness (QED) is 0.806. The first-order valence-corrected chi connectivity index (χ1v) is 9.33. The van der Waals surface area contributed by atoms with Crippen LogP contribution >= 0.6 is 0 Å². The second-order valence-electron chi connectivity index (χ2n) is 7.47. The summed E-state index contributed by atoms with van der Waals surface area (Å²) in [7, 11) is 1.70. The molecule has 1 aromatic heterocycles. The third-order valence-corrected chi connectivity index (χ3v) is 5.54. The molecular formula is C20H21F3N4O. The summed E-state index contributed by atoms with van der Waals surface area (Å²) in [6, 6.07) is 7.04. The van der Waals surface area contributed by atoms with Crippen molar-refractivity contribution >= 4 is 11.7 Å². The Labute approximate surface area is 161 Å². The van der Waals surface area contributed by atoms with Crippen LogP contribution in [0.1, 0.15) is 28.8 Å². The van der Waals surface area contributed by atoms with E-state index in [4.69, 9.17) is 0 Å². The summed E-state index contributed by atoms with van der Waals surface area (Å²) in [5.41, 5.74) is 1.97. The molecule has 0 unspecified atom stereocenters. The first kappa shape index (κ1) is 18.7. The van der Waals surface area contributed by atoms with E-state index in [1.807, 2.05) is 0 Å². The Bertz CT molecular complexity index is 893. The minimum Gasteiger partial charge on any atom is -0.351 e. The molecule has 0 N–H and O–H groups in total. The lowest BCUT2D eigenvalue weighted by Crippen LogP contribution is -2.60. The van der Waals surface area contributed by atoms with E-state index in [-0.39, 0.29) is 18.4 Å². The third-order valence-electron chi connectivity index (χ3n) is 5.54.